The van der Waals surface area contributed by atoms with Crippen molar-refractivity contribution in [1.29, 1.82) is 0 Å². The van der Waals surface area contributed by atoms with Gasteiger partial charge < -0.3 is 33.2 Å². The highest BCUT2D eigenvalue weighted by atomic mass is 79.9. The van der Waals surface area contributed by atoms with E-state index in [4.69, 9.17) is 28.4 Å². The summed E-state index contributed by atoms with van der Waals surface area (Å²) < 4.78 is 39.0. The third-order valence-corrected chi connectivity index (χ3v) is 8.29. The highest BCUT2D eigenvalue weighted by Gasteiger charge is 2.68. The van der Waals surface area contributed by atoms with Crippen molar-refractivity contribution < 1.29 is 38.0 Å². The fraction of sp³-hybridized carbons (Fsp3) is 0.630. The van der Waals surface area contributed by atoms with Gasteiger partial charge in [0.1, 0.15) is 42.9 Å². The quantitative estimate of drug-likeness (QED) is 0.331. The minimum absolute atomic E-state index is 0.0993. The van der Waals surface area contributed by atoms with Crippen molar-refractivity contribution in [3.05, 3.63) is 47.0 Å². The number of aldehydes is 1. The van der Waals surface area contributed by atoms with Gasteiger partial charge in [-0.1, -0.05) is 40.7 Å². The smallest absolute Gasteiger partial charge is 0.338 e. The van der Waals surface area contributed by atoms with Crippen LogP contribution in [0, 0.1) is 0 Å². The molecule has 9 heteroatoms. The topological polar surface area (TPSA) is 89.5 Å². The van der Waals surface area contributed by atoms with E-state index in [1.54, 1.807) is 12.1 Å². The minimum Gasteiger partial charge on any atom is -0.458 e. The Morgan fingerprint density at radius 1 is 1.06 bits per heavy atom. The Labute approximate surface area is 218 Å². The predicted molar refractivity (Wildman–Crippen MR) is 131 cm³/mol. The number of rotatable bonds is 9. The first-order valence-corrected chi connectivity index (χ1v) is 13.6. The van der Waals surface area contributed by atoms with Crippen molar-refractivity contribution >= 4 is 28.2 Å². The molecule has 194 valence electrons. The van der Waals surface area contributed by atoms with Crippen molar-refractivity contribution in [2.45, 2.75) is 106 Å². The van der Waals surface area contributed by atoms with Crippen LogP contribution in [0.3, 0.4) is 0 Å². The first-order valence-electron chi connectivity index (χ1n) is 12.8. The summed E-state index contributed by atoms with van der Waals surface area (Å²) in [5.74, 6) is -1.23. The molecule has 1 aromatic carbocycles. The van der Waals surface area contributed by atoms with Gasteiger partial charge in [-0.25, -0.2) is 4.79 Å². The maximum Gasteiger partial charge on any atom is 0.338 e. The van der Waals surface area contributed by atoms with Gasteiger partial charge in [0.25, 0.3) is 0 Å². The van der Waals surface area contributed by atoms with E-state index in [0.717, 1.165) is 23.6 Å². The number of esters is 1. The molecular formula is C27H31BrO8. The van der Waals surface area contributed by atoms with E-state index >= 15 is 0 Å². The molecule has 6 saturated heterocycles. The Bertz CT molecular complexity index is 1000. The second-order valence-electron chi connectivity index (χ2n) is 10.4. The number of carbonyl (C=O) groups is 2. The molecule has 0 saturated carbocycles. The molecule has 0 amide bonds. The van der Waals surface area contributed by atoms with Crippen molar-refractivity contribution in [3.63, 3.8) is 0 Å². The zero-order valence-electron chi connectivity index (χ0n) is 20.0. The SMILES string of the molecule is C=C(Br)C[C@@H](CC[C@@]12CC3O[C@H]4C(O1)[C@H]1OC(CC=O)CCC1O[C@H]4C3O2)OC(=O)c1ccccc1. The summed E-state index contributed by atoms with van der Waals surface area (Å²) in [4.78, 5) is 23.8. The standard InChI is InChI=1S/C27H31BrO8/c1-15(28)13-18(32-26(30)16-5-3-2-4-6-16)9-11-27-14-20-22(35-27)23-24(34-20)25(36-27)21-19(33-23)8-7-17(31-21)10-12-29/h2-6,12,17-25H,1,7-11,13-14H2/t17?,18-,19?,20?,21+,22?,23+,24-,25?,27+/m1/s1. The zero-order valence-corrected chi connectivity index (χ0v) is 21.5. The van der Waals surface area contributed by atoms with Gasteiger partial charge in [0.15, 0.2) is 5.79 Å². The highest BCUT2D eigenvalue weighted by Crippen LogP contribution is 2.54. The summed E-state index contributed by atoms with van der Waals surface area (Å²) in [5.41, 5.74) is 0.509. The number of carbonyl (C=O) groups excluding carboxylic acids is 2. The summed E-state index contributed by atoms with van der Waals surface area (Å²) in [6.45, 7) is 3.94. The lowest BCUT2D eigenvalue weighted by Gasteiger charge is -2.47. The average molecular weight is 563 g/mol. The molecule has 6 fully saturated rings. The highest BCUT2D eigenvalue weighted by molar-refractivity contribution is 9.11. The summed E-state index contributed by atoms with van der Waals surface area (Å²) in [7, 11) is 0. The van der Waals surface area contributed by atoms with Gasteiger partial charge in [0, 0.05) is 25.7 Å². The van der Waals surface area contributed by atoms with Gasteiger partial charge in [-0.3, -0.25) is 0 Å². The lowest BCUT2D eigenvalue weighted by atomic mass is 9.87. The summed E-state index contributed by atoms with van der Waals surface area (Å²) in [5, 5.41) is 0. The Morgan fingerprint density at radius 2 is 1.81 bits per heavy atom. The molecule has 6 aliphatic rings. The fourth-order valence-electron chi connectivity index (χ4n) is 6.38. The Balaban J connectivity index is 1.18. The van der Waals surface area contributed by atoms with E-state index in [9.17, 15) is 9.59 Å². The van der Waals surface area contributed by atoms with Crippen LogP contribution in [0.4, 0.5) is 0 Å². The van der Waals surface area contributed by atoms with Crippen LogP contribution in [-0.2, 0) is 33.2 Å². The Hall–Kier alpha value is -1.62. The van der Waals surface area contributed by atoms with Gasteiger partial charge in [-0.05, 0) is 35.9 Å². The molecule has 0 aromatic heterocycles. The van der Waals surface area contributed by atoms with Crippen molar-refractivity contribution in [3.8, 4) is 0 Å². The molecule has 0 aliphatic carbocycles. The molecule has 1 aromatic rings. The monoisotopic (exact) mass is 562 g/mol. The molecular weight excluding hydrogens is 532 g/mol. The molecule has 36 heavy (non-hydrogen) atoms. The molecule has 5 unspecified atom stereocenters. The zero-order chi connectivity index (χ0) is 24.9. The summed E-state index contributed by atoms with van der Waals surface area (Å²) in [6, 6.07) is 8.96. The molecule has 0 radical (unpaired) electrons. The number of fused-ring (bicyclic) bond motifs is 1. The number of halogens is 1. The number of hydrogen-bond acceptors (Lipinski definition) is 8. The molecule has 8 nitrogen and oxygen atoms in total. The number of hydrogen-bond donors (Lipinski definition) is 0. The Kier molecular flexibility index (Phi) is 6.81. The number of benzene rings is 1. The second kappa shape index (κ2) is 9.93. The van der Waals surface area contributed by atoms with Crippen molar-refractivity contribution in [2.24, 2.45) is 0 Å². The second-order valence-corrected chi connectivity index (χ2v) is 11.5. The largest absolute Gasteiger partial charge is 0.458 e. The number of ether oxygens (including phenoxy) is 6. The molecule has 6 bridgehead atoms. The van der Waals surface area contributed by atoms with Crippen molar-refractivity contribution in [2.75, 3.05) is 0 Å². The molecule has 0 spiro atoms. The third kappa shape index (κ3) is 4.59. The van der Waals surface area contributed by atoms with Gasteiger partial charge in [0.2, 0.25) is 0 Å². The molecule has 6 heterocycles. The van der Waals surface area contributed by atoms with Crippen molar-refractivity contribution in [1.82, 2.24) is 0 Å². The first kappa shape index (κ1) is 24.7. The van der Waals surface area contributed by atoms with E-state index in [1.807, 2.05) is 18.2 Å². The van der Waals surface area contributed by atoms with Crippen LogP contribution in [0.2, 0.25) is 0 Å². The first-order chi connectivity index (χ1) is 17.4. The minimum atomic E-state index is -0.867. The van der Waals surface area contributed by atoms with E-state index in [2.05, 4.69) is 22.5 Å². The maximum atomic E-state index is 12.7. The van der Waals surface area contributed by atoms with Gasteiger partial charge >= 0.3 is 5.97 Å². The van der Waals surface area contributed by atoms with E-state index in [0.29, 0.717) is 37.7 Å². The lowest BCUT2D eigenvalue weighted by Crippen LogP contribution is -2.61. The van der Waals surface area contributed by atoms with E-state index in [1.165, 1.54) is 0 Å². The van der Waals surface area contributed by atoms with Crippen LogP contribution in [0.15, 0.2) is 41.4 Å². The molecule has 6 aliphatic heterocycles. The van der Waals surface area contributed by atoms with Crippen LogP contribution in [0.1, 0.15) is 55.3 Å². The van der Waals surface area contributed by atoms with Gasteiger partial charge in [-0.15, -0.1) is 0 Å². The van der Waals surface area contributed by atoms with Crippen LogP contribution in [0.5, 0.6) is 0 Å². The average Bonchev–Trinajstić information content (AvgIpc) is 3.28. The Morgan fingerprint density at radius 3 is 2.58 bits per heavy atom. The van der Waals surface area contributed by atoms with E-state index < -0.39 is 11.9 Å². The van der Waals surface area contributed by atoms with Crippen LogP contribution < -0.4 is 0 Å². The normalized spacial score (nSPS) is 40.8. The van der Waals surface area contributed by atoms with Crippen LogP contribution in [-0.4, -0.2) is 73.0 Å². The molecule has 7 rings (SSSR count). The fourth-order valence-corrected chi connectivity index (χ4v) is 6.74. The predicted octanol–water partition coefficient (Wildman–Crippen LogP) is 3.85. The third-order valence-electron chi connectivity index (χ3n) is 7.97. The molecule has 0 N–H and O–H groups in total. The summed E-state index contributed by atoms with van der Waals surface area (Å²) >= 11 is 3.42. The van der Waals surface area contributed by atoms with Gasteiger partial charge in [-0.2, -0.15) is 0 Å². The maximum absolute atomic E-state index is 12.7. The molecule has 10 atom stereocenters. The lowest BCUT2D eigenvalue weighted by molar-refractivity contribution is -0.292. The van der Waals surface area contributed by atoms with Crippen LogP contribution in [0.25, 0.3) is 0 Å². The van der Waals surface area contributed by atoms with Crippen LogP contribution >= 0.6 is 15.9 Å². The van der Waals surface area contributed by atoms with Gasteiger partial charge in [0.05, 0.1) is 23.9 Å². The van der Waals surface area contributed by atoms with E-state index in [-0.39, 0.29) is 54.8 Å². The summed E-state index contributed by atoms with van der Waals surface area (Å²) in [6.07, 6.45) is 3.01.